The zero-order valence-electron chi connectivity index (χ0n) is 14.8. The topological polar surface area (TPSA) is 140 Å². The number of nitrogens with one attached hydrogen (secondary N) is 1. The summed E-state index contributed by atoms with van der Waals surface area (Å²) in [5.74, 6) is 0.307. The number of guanidine groups is 1. The van der Waals surface area contributed by atoms with Crippen molar-refractivity contribution in [2.45, 2.75) is 46.5 Å². The molecule has 0 fully saturated rings. The first kappa shape index (κ1) is 23.2. The highest BCUT2D eigenvalue weighted by Gasteiger charge is 1.92. The van der Waals surface area contributed by atoms with E-state index in [-0.39, 0.29) is 13.2 Å². The Morgan fingerprint density at radius 2 is 1.61 bits per heavy atom. The van der Waals surface area contributed by atoms with E-state index in [0.29, 0.717) is 0 Å². The van der Waals surface area contributed by atoms with E-state index < -0.39 is 0 Å². The maximum atomic E-state index is 7.08. The smallest absolute Gasteiger partial charge is 0.185 e. The summed E-state index contributed by atoms with van der Waals surface area (Å²) in [5, 5.41) is 7.08. The molecule has 0 heterocycles. The Hall–Kier alpha value is -2.08. The Balaban J connectivity index is -0.000000282. The Morgan fingerprint density at radius 3 is 1.87 bits per heavy atom. The lowest BCUT2D eigenvalue weighted by molar-refractivity contribution is 0.727. The van der Waals surface area contributed by atoms with E-state index in [4.69, 9.17) is 28.3 Å². The molecule has 0 spiro atoms. The van der Waals surface area contributed by atoms with E-state index in [2.05, 4.69) is 11.9 Å². The fraction of sp³-hybridized carbons (Fsp3) is 0.529. The summed E-state index contributed by atoms with van der Waals surface area (Å²) in [6, 6.07) is 7.57. The van der Waals surface area contributed by atoms with Crippen LogP contribution >= 0.6 is 0 Å². The number of nitrogen functional groups attached to an aromatic ring is 1. The van der Waals surface area contributed by atoms with Crippen molar-refractivity contribution >= 4 is 11.8 Å². The van der Waals surface area contributed by atoms with Crippen LogP contribution in [0.4, 0.5) is 0 Å². The Kier molecular flexibility index (Phi) is 16.4. The van der Waals surface area contributed by atoms with Crippen LogP contribution in [0.3, 0.4) is 0 Å². The standard InChI is InChI=1S/C8H10N2.C5H13N.C4H11N3.H2/c1-6-2-4-7(5-3-6)8(9)10;1-2-3-4-5-6;1-2-3-7-4(5)6;/h2-5H,1H3,(H3,9,10);2-6H2,1H3;2-3H2,1H3,(H4,5,6,7);1H. The summed E-state index contributed by atoms with van der Waals surface area (Å²) in [4.78, 5) is 3.72. The monoisotopic (exact) mass is 324 g/mol. The second-order valence-electron chi connectivity index (χ2n) is 5.08. The molecule has 0 radical (unpaired) electrons. The predicted octanol–water partition coefficient (Wildman–Crippen LogP) is 2.33. The minimum atomic E-state index is 0. The number of hydrogen-bond donors (Lipinski definition) is 5. The van der Waals surface area contributed by atoms with Crippen LogP contribution < -0.4 is 22.9 Å². The number of unbranched alkanes of at least 4 members (excludes halogenated alkanes) is 2. The lowest BCUT2D eigenvalue weighted by atomic mass is 10.1. The Labute approximate surface area is 142 Å². The van der Waals surface area contributed by atoms with Gasteiger partial charge >= 0.3 is 0 Å². The molecule has 1 aromatic rings. The van der Waals surface area contributed by atoms with E-state index in [9.17, 15) is 0 Å². The van der Waals surface area contributed by atoms with Gasteiger partial charge in [-0.05, 0) is 26.3 Å². The predicted molar refractivity (Wildman–Crippen MR) is 104 cm³/mol. The van der Waals surface area contributed by atoms with Crippen molar-refractivity contribution in [3.63, 3.8) is 0 Å². The normalized spacial score (nSPS) is 8.87. The first-order chi connectivity index (χ1) is 10.9. The van der Waals surface area contributed by atoms with Crippen LogP contribution in [-0.4, -0.2) is 24.9 Å². The molecule has 0 saturated carbocycles. The number of aryl methyl sites for hydroxylation is 1. The molecule has 23 heavy (non-hydrogen) atoms. The molecule has 0 aliphatic carbocycles. The van der Waals surface area contributed by atoms with Gasteiger partial charge in [0.1, 0.15) is 5.84 Å². The van der Waals surface area contributed by atoms with Gasteiger partial charge in [0.05, 0.1) is 0 Å². The molecule has 6 nitrogen and oxygen atoms in total. The number of nitrogens with two attached hydrogens (primary N) is 4. The van der Waals surface area contributed by atoms with E-state index in [1.54, 1.807) is 0 Å². The summed E-state index contributed by atoms with van der Waals surface area (Å²) < 4.78 is 0. The summed E-state index contributed by atoms with van der Waals surface area (Å²) in [5.41, 5.74) is 22.4. The van der Waals surface area contributed by atoms with Crippen molar-refractivity contribution in [2.75, 3.05) is 13.1 Å². The molecule has 0 aliphatic rings. The summed E-state index contributed by atoms with van der Waals surface area (Å²) in [6.45, 7) is 7.79. The molecule has 0 aliphatic heterocycles. The van der Waals surface area contributed by atoms with E-state index in [0.717, 1.165) is 25.1 Å². The van der Waals surface area contributed by atoms with Gasteiger partial charge in [-0.3, -0.25) is 10.4 Å². The molecule has 1 aromatic carbocycles. The molecular weight excluding hydrogens is 288 g/mol. The molecule has 6 heteroatoms. The van der Waals surface area contributed by atoms with Crippen molar-refractivity contribution < 1.29 is 1.43 Å². The van der Waals surface area contributed by atoms with Gasteiger partial charge in [-0.2, -0.15) is 0 Å². The summed E-state index contributed by atoms with van der Waals surface area (Å²) >= 11 is 0. The number of benzene rings is 1. The third-order valence-electron chi connectivity index (χ3n) is 2.69. The average Bonchev–Trinajstić information content (AvgIpc) is 2.52. The fourth-order valence-electron chi connectivity index (χ4n) is 1.37. The molecule has 0 atom stereocenters. The quantitative estimate of drug-likeness (QED) is 0.311. The maximum Gasteiger partial charge on any atom is 0.185 e. The highest BCUT2D eigenvalue weighted by atomic mass is 15.0. The summed E-state index contributed by atoms with van der Waals surface area (Å²) in [7, 11) is 0. The lowest BCUT2D eigenvalue weighted by Gasteiger charge is -1.96. The number of nitrogens with zero attached hydrogens (tertiary/aromatic N) is 1. The minimum Gasteiger partial charge on any atom is -0.384 e. The van der Waals surface area contributed by atoms with Crippen molar-refractivity contribution in [1.82, 2.24) is 0 Å². The molecule has 0 saturated heterocycles. The first-order valence-corrected chi connectivity index (χ1v) is 8.05. The maximum absolute atomic E-state index is 7.08. The fourth-order valence-corrected chi connectivity index (χ4v) is 1.37. The third kappa shape index (κ3) is 17.9. The van der Waals surface area contributed by atoms with Crippen LogP contribution in [-0.2, 0) is 0 Å². The number of hydrogen-bond acceptors (Lipinski definition) is 3. The van der Waals surface area contributed by atoms with Crippen LogP contribution in [0.25, 0.3) is 0 Å². The lowest BCUT2D eigenvalue weighted by Crippen LogP contribution is -2.22. The van der Waals surface area contributed by atoms with Gasteiger partial charge in [0.25, 0.3) is 0 Å². The van der Waals surface area contributed by atoms with Gasteiger partial charge in [-0.25, -0.2) is 0 Å². The molecular formula is C17H36N6. The van der Waals surface area contributed by atoms with Gasteiger partial charge in [0.2, 0.25) is 0 Å². The Bertz CT molecular complexity index is 423. The van der Waals surface area contributed by atoms with Crippen molar-refractivity contribution in [3.05, 3.63) is 35.4 Å². The van der Waals surface area contributed by atoms with E-state index >= 15 is 0 Å². The Morgan fingerprint density at radius 1 is 1.04 bits per heavy atom. The number of aliphatic imine (C=N–C) groups is 1. The molecule has 0 amide bonds. The van der Waals surface area contributed by atoms with Crippen LogP contribution in [0, 0.1) is 12.3 Å². The van der Waals surface area contributed by atoms with Gasteiger partial charge in [-0.15, -0.1) is 0 Å². The molecule has 0 unspecified atom stereocenters. The SMILES string of the molecule is CCCCCN.CCCN=C(N)N.Cc1ccc(C(=N)N)cc1.[HH]. The number of amidine groups is 1. The molecule has 0 bridgehead atoms. The third-order valence-corrected chi connectivity index (χ3v) is 2.69. The zero-order valence-corrected chi connectivity index (χ0v) is 14.8. The second kappa shape index (κ2) is 16.3. The highest BCUT2D eigenvalue weighted by Crippen LogP contribution is 2.00. The van der Waals surface area contributed by atoms with Crippen LogP contribution in [0.5, 0.6) is 0 Å². The molecule has 134 valence electrons. The van der Waals surface area contributed by atoms with Gasteiger partial charge in [0.15, 0.2) is 5.96 Å². The van der Waals surface area contributed by atoms with Gasteiger partial charge < -0.3 is 22.9 Å². The second-order valence-corrected chi connectivity index (χ2v) is 5.08. The van der Waals surface area contributed by atoms with Crippen molar-refractivity contribution in [3.8, 4) is 0 Å². The van der Waals surface area contributed by atoms with Crippen LogP contribution in [0.15, 0.2) is 29.3 Å². The highest BCUT2D eigenvalue weighted by molar-refractivity contribution is 5.94. The van der Waals surface area contributed by atoms with E-state index in [1.807, 2.05) is 38.1 Å². The van der Waals surface area contributed by atoms with Gasteiger partial charge in [0, 0.05) is 13.5 Å². The number of rotatable bonds is 6. The molecule has 1 rings (SSSR count). The van der Waals surface area contributed by atoms with Crippen LogP contribution in [0.1, 0.15) is 52.1 Å². The minimum absolute atomic E-state index is 0. The average molecular weight is 325 g/mol. The first-order valence-electron chi connectivity index (χ1n) is 8.05. The molecule has 0 aromatic heterocycles. The van der Waals surface area contributed by atoms with E-state index in [1.165, 1.54) is 24.8 Å². The van der Waals surface area contributed by atoms with Crippen molar-refractivity contribution in [1.29, 1.82) is 5.41 Å². The summed E-state index contributed by atoms with van der Waals surface area (Å²) in [6.07, 6.45) is 4.75. The van der Waals surface area contributed by atoms with Crippen LogP contribution in [0.2, 0.25) is 0 Å². The largest absolute Gasteiger partial charge is 0.384 e. The van der Waals surface area contributed by atoms with Gasteiger partial charge in [-0.1, -0.05) is 56.5 Å². The zero-order chi connectivity index (χ0) is 18.1. The van der Waals surface area contributed by atoms with Crippen molar-refractivity contribution in [2.24, 2.45) is 27.9 Å². The molecule has 9 N–H and O–H groups in total.